The van der Waals surface area contributed by atoms with E-state index in [0.717, 1.165) is 36.4 Å². The molecule has 1 unspecified atom stereocenters. The molecular weight excluding hydrogens is 268 g/mol. The molecule has 0 radical (unpaired) electrons. The van der Waals surface area contributed by atoms with E-state index in [2.05, 4.69) is 4.90 Å². The lowest BCUT2D eigenvalue weighted by molar-refractivity contribution is -0.121. The molecule has 116 valence electrons. The van der Waals surface area contributed by atoms with Crippen LogP contribution in [0.5, 0.6) is 0 Å². The number of aliphatic hydroxyl groups excluding tert-OH is 1. The lowest BCUT2D eigenvalue weighted by Gasteiger charge is -2.18. The van der Waals surface area contributed by atoms with Crippen LogP contribution in [0.2, 0.25) is 0 Å². The minimum Gasteiger partial charge on any atom is -0.392 e. The smallest absolute Gasteiger partial charge is 0.227 e. The first-order valence-corrected chi connectivity index (χ1v) is 7.38. The van der Waals surface area contributed by atoms with Gasteiger partial charge in [0.25, 0.3) is 0 Å². The van der Waals surface area contributed by atoms with Gasteiger partial charge in [0.1, 0.15) is 0 Å². The van der Waals surface area contributed by atoms with Gasteiger partial charge in [0.15, 0.2) is 0 Å². The Morgan fingerprint density at radius 3 is 2.95 bits per heavy atom. The van der Waals surface area contributed by atoms with Crippen LogP contribution in [-0.2, 0) is 22.5 Å². The number of carbonyl (C=O) groups is 1. The highest BCUT2D eigenvalue weighted by Gasteiger charge is 2.35. The fourth-order valence-corrected chi connectivity index (χ4v) is 2.87. The highest BCUT2D eigenvalue weighted by Crippen LogP contribution is 2.34. The van der Waals surface area contributed by atoms with Crippen molar-refractivity contribution < 1.29 is 14.6 Å². The topological polar surface area (TPSA) is 75.8 Å². The van der Waals surface area contributed by atoms with Gasteiger partial charge >= 0.3 is 0 Å². The van der Waals surface area contributed by atoms with Crippen LogP contribution in [0.15, 0.2) is 18.2 Å². The summed E-state index contributed by atoms with van der Waals surface area (Å²) in [6.07, 6.45) is -0.188. The van der Waals surface area contributed by atoms with E-state index < -0.39 is 17.9 Å². The molecule has 0 heterocycles. The predicted octanol–water partition coefficient (Wildman–Crippen LogP) is 0.641. The number of hydrogen-bond donors (Lipinski definition) is 2. The van der Waals surface area contributed by atoms with Crippen molar-refractivity contribution in [3.8, 4) is 0 Å². The fourth-order valence-electron chi connectivity index (χ4n) is 2.87. The summed E-state index contributed by atoms with van der Waals surface area (Å²) in [6, 6.07) is 6.04. The fraction of sp³-hybridized carbons (Fsp3) is 0.562. The zero-order chi connectivity index (χ0) is 15.4. The van der Waals surface area contributed by atoms with Crippen LogP contribution < -0.4 is 5.73 Å². The lowest BCUT2D eigenvalue weighted by Crippen LogP contribution is -2.28. The SMILES string of the molecule is CCOCCN(C)Cc1ccc2c(c1)C(C(N)=O)[C@H](O)C2. The molecule has 1 aliphatic rings. The maximum Gasteiger partial charge on any atom is 0.227 e. The second-order valence-electron chi connectivity index (χ2n) is 5.62. The summed E-state index contributed by atoms with van der Waals surface area (Å²) in [6.45, 7) is 5.05. The Balaban J connectivity index is 2.06. The van der Waals surface area contributed by atoms with Crippen molar-refractivity contribution in [1.29, 1.82) is 0 Å². The Labute approximate surface area is 125 Å². The Morgan fingerprint density at radius 2 is 2.29 bits per heavy atom. The highest BCUT2D eigenvalue weighted by atomic mass is 16.5. The van der Waals surface area contributed by atoms with E-state index in [1.165, 1.54) is 0 Å². The summed E-state index contributed by atoms with van der Waals surface area (Å²) >= 11 is 0. The minimum atomic E-state index is -0.691. The number of amides is 1. The van der Waals surface area contributed by atoms with E-state index in [0.29, 0.717) is 13.0 Å². The number of nitrogens with zero attached hydrogens (tertiary/aromatic N) is 1. The van der Waals surface area contributed by atoms with E-state index in [-0.39, 0.29) is 0 Å². The van der Waals surface area contributed by atoms with Crippen molar-refractivity contribution in [1.82, 2.24) is 4.90 Å². The monoisotopic (exact) mass is 292 g/mol. The summed E-state index contributed by atoms with van der Waals surface area (Å²) in [5, 5.41) is 9.97. The van der Waals surface area contributed by atoms with Crippen LogP contribution in [0.25, 0.3) is 0 Å². The number of hydrogen-bond acceptors (Lipinski definition) is 4. The largest absolute Gasteiger partial charge is 0.392 e. The molecule has 2 rings (SSSR count). The summed E-state index contributed by atoms with van der Waals surface area (Å²) in [5.74, 6) is -1.03. The maximum absolute atomic E-state index is 11.5. The molecular formula is C16H24N2O3. The molecule has 1 amide bonds. The maximum atomic E-state index is 11.5. The predicted molar refractivity (Wildman–Crippen MR) is 80.9 cm³/mol. The van der Waals surface area contributed by atoms with Crippen LogP contribution in [0, 0.1) is 0 Å². The first kappa shape index (κ1) is 15.9. The molecule has 0 saturated heterocycles. The number of fused-ring (bicyclic) bond motifs is 1. The van der Waals surface area contributed by atoms with E-state index in [4.69, 9.17) is 10.5 Å². The molecule has 5 nitrogen and oxygen atoms in total. The molecule has 21 heavy (non-hydrogen) atoms. The molecule has 1 aromatic carbocycles. The van der Waals surface area contributed by atoms with Gasteiger partial charge < -0.3 is 15.6 Å². The van der Waals surface area contributed by atoms with Crippen molar-refractivity contribution in [2.24, 2.45) is 5.73 Å². The molecule has 0 spiro atoms. The van der Waals surface area contributed by atoms with Gasteiger partial charge in [-0.3, -0.25) is 9.69 Å². The number of benzene rings is 1. The number of likely N-dealkylation sites (N-methyl/N-ethyl adjacent to an activating group) is 1. The van der Waals surface area contributed by atoms with Crippen molar-refractivity contribution in [3.63, 3.8) is 0 Å². The highest BCUT2D eigenvalue weighted by molar-refractivity contribution is 5.84. The normalized spacial score (nSPS) is 20.8. The minimum absolute atomic E-state index is 0.455. The zero-order valence-corrected chi connectivity index (χ0v) is 12.7. The third-order valence-corrected chi connectivity index (χ3v) is 3.94. The van der Waals surface area contributed by atoms with Gasteiger partial charge in [0.2, 0.25) is 5.91 Å². The van der Waals surface area contributed by atoms with Gasteiger partial charge in [-0.05, 0) is 37.1 Å². The average molecular weight is 292 g/mol. The molecule has 2 atom stereocenters. The van der Waals surface area contributed by atoms with E-state index in [9.17, 15) is 9.90 Å². The van der Waals surface area contributed by atoms with E-state index in [1.54, 1.807) is 0 Å². The summed E-state index contributed by atoms with van der Waals surface area (Å²) in [7, 11) is 2.03. The second-order valence-corrected chi connectivity index (χ2v) is 5.62. The van der Waals surface area contributed by atoms with Gasteiger partial charge in [-0.25, -0.2) is 0 Å². The van der Waals surface area contributed by atoms with Crippen LogP contribution in [0.3, 0.4) is 0 Å². The standard InChI is InChI=1S/C16H24N2O3/c1-3-21-7-6-18(2)10-11-4-5-12-9-14(19)15(16(17)20)13(12)8-11/h4-5,8,14-15,19H,3,6-7,9-10H2,1-2H3,(H2,17,20)/t14-,15?/m1/s1. The Bertz CT molecular complexity index is 504. The average Bonchev–Trinajstić information content (AvgIpc) is 2.74. The molecule has 0 aliphatic heterocycles. The molecule has 3 N–H and O–H groups in total. The molecule has 0 saturated carbocycles. The lowest BCUT2D eigenvalue weighted by atomic mass is 9.97. The van der Waals surface area contributed by atoms with E-state index in [1.807, 2.05) is 32.2 Å². The van der Waals surface area contributed by atoms with Gasteiger partial charge in [0.05, 0.1) is 18.6 Å². The van der Waals surface area contributed by atoms with Crippen molar-refractivity contribution >= 4 is 5.91 Å². The Morgan fingerprint density at radius 1 is 1.52 bits per heavy atom. The molecule has 1 aromatic rings. The first-order valence-electron chi connectivity index (χ1n) is 7.38. The summed E-state index contributed by atoms with van der Waals surface area (Å²) < 4.78 is 5.34. The second kappa shape index (κ2) is 7.02. The Hall–Kier alpha value is -1.43. The van der Waals surface area contributed by atoms with Gasteiger partial charge in [-0.15, -0.1) is 0 Å². The zero-order valence-electron chi connectivity index (χ0n) is 12.7. The molecule has 0 fully saturated rings. The van der Waals surface area contributed by atoms with Crippen LogP contribution in [0.4, 0.5) is 0 Å². The van der Waals surface area contributed by atoms with Crippen molar-refractivity contribution in [2.45, 2.75) is 31.9 Å². The summed E-state index contributed by atoms with van der Waals surface area (Å²) in [5.41, 5.74) is 8.43. The molecule has 5 heteroatoms. The van der Waals surface area contributed by atoms with Crippen molar-refractivity contribution in [3.05, 3.63) is 34.9 Å². The van der Waals surface area contributed by atoms with Crippen LogP contribution >= 0.6 is 0 Å². The van der Waals surface area contributed by atoms with E-state index >= 15 is 0 Å². The number of aliphatic hydroxyl groups is 1. The third-order valence-electron chi connectivity index (χ3n) is 3.94. The first-order chi connectivity index (χ1) is 10.0. The van der Waals surface area contributed by atoms with Crippen molar-refractivity contribution in [2.75, 3.05) is 26.8 Å². The van der Waals surface area contributed by atoms with Gasteiger partial charge in [-0.1, -0.05) is 18.2 Å². The molecule has 0 bridgehead atoms. The van der Waals surface area contributed by atoms with Gasteiger partial charge in [-0.2, -0.15) is 0 Å². The molecule has 0 aromatic heterocycles. The number of carbonyl (C=O) groups excluding carboxylic acids is 1. The number of ether oxygens (including phenoxy) is 1. The number of nitrogens with two attached hydrogens (primary N) is 1. The summed E-state index contributed by atoms with van der Waals surface area (Å²) in [4.78, 5) is 13.7. The Kier molecular flexibility index (Phi) is 5.33. The van der Waals surface area contributed by atoms with Crippen LogP contribution in [0.1, 0.15) is 29.5 Å². The van der Waals surface area contributed by atoms with Gasteiger partial charge in [0, 0.05) is 19.7 Å². The number of rotatable bonds is 7. The number of primary amides is 1. The molecule has 1 aliphatic carbocycles. The van der Waals surface area contributed by atoms with Crippen LogP contribution in [-0.4, -0.2) is 48.8 Å². The third kappa shape index (κ3) is 3.81. The quantitative estimate of drug-likeness (QED) is 0.723.